The SMILES string of the molecule is C=C1C[C@]23CC1C(=O)CC2C1C(=O)CC[C@@](C)(CN(CC)C(=O)OC(C)(C)C)[C@H]1C[C@@H]3COCc1ccc(OC)cc1. The number of amides is 1. The lowest BCUT2D eigenvalue weighted by Crippen LogP contribution is -2.60. The third kappa shape index (κ3) is 5.66. The van der Waals surface area contributed by atoms with Crippen LogP contribution in [0, 0.1) is 40.4 Å². The quantitative estimate of drug-likeness (QED) is 0.322. The van der Waals surface area contributed by atoms with Crippen LogP contribution >= 0.6 is 0 Å². The van der Waals surface area contributed by atoms with Crippen molar-refractivity contribution in [1.82, 2.24) is 4.90 Å². The molecule has 4 fully saturated rings. The summed E-state index contributed by atoms with van der Waals surface area (Å²) < 4.78 is 17.5. The van der Waals surface area contributed by atoms with E-state index in [0.717, 1.165) is 42.6 Å². The summed E-state index contributed by atoms with van der Waals surface area (Å²) in [5.41, 5.74) is 1.13. The van der Waals surface area contributed by atoms with Crippen LogP contribution in [0.3, 0.4) is 0 Å². The molecule has 0 radical (unpaired) electrons. The molecule has 4 aliphatic rings. The molecule has 7 atom stereocenters. The molecule has 0 aliphatic heterocycles. The van der Waals surface area contributed by atoms with Gasteiger partial charge in [-0.3, -0.25) is 9.59 Å². The first-order valence-electron chi connectivity index (χ1n) is 15.7. The second-order valence-electron chi connectivity index (χ2n) is 14.6. The largest absolute Gasteiger partial charge is 0.497 e. The van der Waals surface area contributed by atoms with Gasteiger partial charge in [-0.1, -0.05) is 31.2 Å². The van der Waals surface area contributed by atoms with Crippen molar-refractivity contribution in [2.75, 3.05) is 26.8 Å². The van der Waals surface area contributed by atoms with Crippen LogP contribution in [0.4, 0.5) is 4.79 Å². The Bertz CT molecular complexity index is 1220. The average molecular weight is 580 g/mol. The van der Waals surface area contributed by atoms with Gasteiger partial charge in [0.2, 0.25) is 0 Å². The van der Waals surface area contributed by atoms with Gasteiger partial charge in [0.15, 0.2) is 0 Å². The van der Waals surface area contributed by atoms with Gasteiger partial charge >= 0.3 is 6.09 Å². The monoisotopic (exact) mass is 579 g/mol. The van der Waals surface area contributed by atoms with Gasteiger partial charge in [-0.25, -0.2) is 4.79 Å². The lowest BCUT2D eigenvalue weighted by molar-refractivity contribution is -0.168. The Morgan fingerprint density at radius 1 is 1.12 bits per heavy atom. The summed E-state index contributed by atoms with van der Waals surface area (Å²) in [4.78, 5) is 42.1. The van der Waals surface area contributed by atoms with Crippen molar-refractivity contribution in [3.63, 3.8) is 0 Å². The highest BCUT2D eigenvalue weighted by Gasteiger charge is 2.66. The zero-order valence-corrected chi connectivity index (χ0v) is 26.4. The molecular weight excluding hydrogens is 530 g/mol. The van der Waals surface area contributed by atoms with Crippen molar-refractivity contribution in [1.29, 1.82) is 0 Å². The fourth-order valence-electron chi connectivity index (χ4n) is 8.86. The van der Waals surface area contributed by atoms with E-state index in [9.17, 15) is 14.4 Å². The summed E-state index contributed by atoms with van der Waals surface area (Å²) in [5.74, 6) is 1.37. The van der Waals surface area contributed by atoms with Crippen molar-refractivity contribution in [3.8, 4) is 5.75 Å². The molecule has 42 heavy (non-hydrogen) atoms. The van der Waals surface area contributed by atoms with E-state index in [4.69, 9.17) is 14.2 Å². The topological polar surface area (TPSA) is 82.1 Å². The maximum Gasteiger partial charge on any atom is 0.410 e. The Morgan fingerprint density at radius 3 is 2.48 bits per heavy atom. The Balaban J connectivity index is 1.43. The molecule has 1 amide bonds. The number of hydrogen-bond acceptors (Lipinski definition) is 6. The number of carbonyl (C=O) groups excluding carboxylic acids is 3. The van der Waals surface area contributed by atoms with E-state index in [0.29, 0.717) is 44.9 Å². The molecule has 0 aromatic heterocycles. The molecule has 5 rings (SSSR count). The van der Waals surface area contributed by atoms with Crippen molar-refractivity contribution >= 4 is 17.7 Å². The number of ketones is 2. The Morgan fingerprint density at radius 2 is 1.83 bits per heavy atom. The van der Waals surface area contributed by atoms with Gasteiger partial charge in [-0.15, -0.1) is 0 Å². The van der Waals surface area contributed by atoms with Crippen LogP contribution in [-0.4, -0.2) is 55.0 Å². The van der Waals surface area contributed by atoms with E-state index >= 15 is 0 Å². The van der Waals surface area contributed by atoms with Gasteiger partial charge in [0, 0.05) is 37.8 Å². The number of benzene rings is 1. The summed E-state index contributed by atoms with van der Waals surface area (Å²) in [6.45, 7) is 16.4. The van der Waals surface area contributed by atoms with Crippen LogP contribution in [-0.2, 0) is 25.7 Å². The van der Waals surface area contributed by atoms with E-state index in [2.05, 4.69) is 13.5 Å². The molecule has 7 nitrogen and oxygen atoms in total. The predicted octanol–water partition coefficient (Wildman–Crippen LogP) is 6.63. The van der Waals surface area contributed by atoms with Crippen LogP contribution in [0.2, 0.25) is 0 Å². The molecule has 4 saturated carbocycles. The lowest BCUT2D eigenvalue weighted by atomic mass is 9.43. The molecule has 1 aromatic rings. The van der Waals surface area contributed by atoms with Crippen LogP contribution in [0.1, 0.15) is 78.7 Å². The molecule has 0 N–H and O–H groups in total. The summed E-state index contributed by atoms with van der Waals surface area (Å²) in [5, 5.41) is 0. The van der Waals surface area contributed by atoms with Gasteiger partial charge in [0.25, 0.3) is 0 Å². The zero-order chi connectivity index (χ0) is 30.4. The van der Waals surface area contributed by atoms with Crippen LogP contribution < -0.4 is 4.74 Å². The molecule has 2 bridgehead atoms. The number of Topliss-reactive ketones (excluding diaryl/α,β-unsaturated/α-hetero) is 2. The van der Waals surface area contributed by atoms with E-state index in [1.807, 2.05) is 52.0 Å². The van der Waals surface area contributed by atoms with Crippen LogP contribution in [0.25, 0.3) is 0 Å². The number of methoxy groups -OCH3 is 1. The molecule has 7 heteroatoms. The van der Waals surface area contributed by atoms with Crippen molar-refractivity contribution in [2.24, 2.45) is 40.4 Å². The first-order chi connectivity index (χ1) is 19.8. The zero-order valence-electron chi connectivity index (χ0n) is 26.4. The third-order valence-corrected chi connectivity index (χ3v) is 10.9. The number of rotatable bonds is 8. The third-order valence-electron chi connectivity index (χ3n) is 10.9. The number of allylic oxidation sites excluding steroid dienone is 1. The van der Waals surface area contributed by atoms with E-state index in [1.54, 1.807) is 12.0 Å². The number of fused-ring (bicyclic) bond motifs is 3. The summed E-state index contributed by atoms with van der Waals surface area (Å²) in [6.07, 6.45) is 3.81. The van der Waals surface area contributed by atoms with Gasteiger partial charge in [0.05, 0.1) is 20.3 Å². The van der Waals surface area contributed by atoms with Gasteiger partial charge in [-0.2, -0.15) is 0 Å². The highest BCUT2D eigenvalue weighted by atomic mass is 16.6. The van der Waals surface area contributed by atoms with E-state index < -0.39 is 5.60 Å². The smallest absolute Gasteiger partial charge is 0.410 e. The van der Waals surface area contributed by atoms with Crippen molar-refractivity contribution < 1.29 is 28.6 Å². The Hall–Kier alpha value is -2.67. The van der Waals surface area contributed by atoms with Gasteiger partial charge in [0.1, 0.15) is 22.9 Å². The number of ether oxygens (including phenoxy) is 3. The molecule has 4 aliphatic carbocycles. The molecule has 230 valence electrons. The van der Waals surface area contributed by atoms with E-state index in [-0.39, 0.29) is 52.3 Å². The maximum absolute atomic E-state index is 13.8. The van der Waals surface area contributed by atoms with Crippen LogP contribution in [0.15, 0.2) is 36.4 Å². The molecule has 0 heterocycles. The minimum absolute atomic E-state index is 0.00225. The first-order valence-corrected chi connectivity index (χ1v) is 15.7. The summed E-state index contributed by atoms with van der Waals surface area (Å²) >= 11 is 0. The van der Waals surface area contributed by atoms with Gasteiger partial charge < -0.3 is 19.1 Å². The average Bonchev–Trinajstić information content (AvgIpc) is 3.23. The van der Waals surface area contributed by atoms with Crippen LogP contribution in [0.5, 0.6) is 5.75 Å². The Kier molecular flexibility index (Phi) is 8.38. The molecule has 0 saturated heterocycles. The second kappa shape index (κ2) is 11.4. The summed E-state index contributed by atoms with van der Waals surface area (Å²) in [7, 11) is 1.66. The normalized spacial score (nSPS) is 34.0. The molecule has 1 spiro atoms. The molecular formula is C35H49NO6. The van der Waals surface area contributed by atoms with Crippen molar-refractivity contribution in [3.05, 3.63) is 42.0 Å². The minimum Gasteiger partial charge on any atom is -0.497 e. The number of hydrogen-bond donors (Lipinski definition) is 0. The second-order valence-corrected chi connectivity index (χ2v) is 14.6. The Labute approximate surface area is 251 Å². The maximum atomic E-state index is 13.8. The fraction of sp³-hybridized carbons (Fsp3) is 0.686. The highest BCUT2D eigenvalue weighted by molar-refractivity contribution is 5.89. The molecule has 3 unspecified atom stereocenters. The van der Waals surface area contributed by atoms with Crippen molar-refractivity contribution in [2.45, 2.75) is 85.4 Å². The number of carbonyl (C=O) groups is 3. The summed E-state index contributed by atoms with van der Waals surface area (Å²) in [6, 6.07) is 7.94. The lowest BCUT2D eigenvalue weighted by Gasteiger charge is -2.60. The van der Waals surface area contributed by atoms with E-state index in [1.165, 1.54) is 0 Å². The predicted molar refractivity (Wildman–Crippen MR) is 161 cm³/mol. The van der Waals surface area contributed by atoms with Gasteiger partial charge in [-0.05, 0) is 99.7 Å². The number of nitrogens with zero attached hydrogens (tertiary/aromatic N) is 1. The highest BCUT2D eigenvalue weighted by Crippen LogP contribution is 2.68. The fourth-order valence-corrected chi connectivity index (χ4v) is 8.86. The standard InChI is InChI=1S/C35H49NO6/c1-8-36(32(39)42-33(3,4)5)21-34(6)14-13-29(37)31-27(34)15-24(20-41-19-23-9-11-25(40-7)12-10-23)35-17-22(2)26(18-35)30(38)16-28(31)35/h9-12,24,26-28,31H,2,8,13-21H2,1,3-7H3/t24-,26?,27+,28?,31?,34+,35-/m1/s1. The minimum atomic E-state index is -0.579. The first kappa shape index (κ1) is 30.8. The molecule has 1 aromatic carbocycles.